The van der Waals surface area contributed by atoms with E-state index in [4.69, 9.17) is 0 Å². The fraction of sp³-hybridized carbons (Fsp3) is 0.100. The molecule has 0 spiro atoms. The molecule has 0 fully saturated rings. The molecule has 0 saturated heterocycles. The average Bonchev–Trinajstić information content (AvgIpc) is 3.33. The molecule has 0 aliphatic carbocycles. The van der Waals surface area contributed by atoms with Gasteiger partial charge in [-0.15, -0.1) is 11.3 Å². The number of thiophene rings is 1. The lowest BCUT2D eigenvalue weighted by Crippen LogP contribution is -2.25. The van der Waals surface area contributed by atoms with E-state index in [0.29, 0.717) is 11.4 Å². The maximum atomic E-state index is 12.6. The Morgan fingerprint density at radius 2 is 1.96 bits per heavy atom. The molecular weight excluding hydrogens is 424 g/mol. The van der Waals surface area contributed by atoms with Gasteiger partial charge >= 0.3 is 0 Å². The van der Waals surface area contributed by atoms with Gasteiger partial charge < -0.3 is 15.6 Å². The zero-order valence-corrected chi connectivity index (χ0v) is 16.7. The van der Waals surface area contributed by atoms with Gasteiger partial charge in [0.2, 0.25) is 0 Å². The van der Waals surface area contributed by atoms with Gasteiger partial charge in [-0.05, 0) is 47.7 Å². The van der Waals surface area contributed by atoms with Gasteiger partial charge in [0.25, 0.3) is 5.91 Å². The van der Waals surface area contributed by atoms with Crippen molar-refractivity contribution in [1.29, 1.82) is 0 Å². The van der Waals surface area contributed by atoms with E-state index in [9.17, 15) is 4.79 Å². The van der Waals surface area contributed by atoms with Crippen molar-refractivity contribution < 1.29 is 4.79 Å². The minimum Gasteiger partial charge on any atom is -0.354 e. The monoisotopic (exact) mass is 440 g/mol. The van der Waals surface area contributed by atoms with E-state index < -0.39 is 0 Å². The number of hydrogen-bond donors (Lipinski definition) is 3. The van der Waals surface area contributed by atoms with Crippen LogP contribution in [0, 0.1) is 0 Å². The third-order valence-corrected chi connectivity index (χ3v) is 5.66. The lowest BCUT2D eigenvalue weighted by Gasteiger charge is -2.09. The fourth-order valence-electron chi connectivity index (χ4n) is 2.85. The third-order valence-electron chi connectivity index (χ3n) is 4.21. The highest BCUT2D eigenvalue weighted by Gasteiger charge is 2.14. The van der Waals surface area contributed by atoms with Gasteiger partial charge in [0.05, 0.1) is 11.4 Å². The molecule has 0 radical (unpaired) electrons. The summed E-state index contributed by atoms with van der Waals surface area (Å²) in [6.07, 6.45) is 4.39. The Bertz CT molecular complexity index is 1070. The molecule has 3 N–H and O–H groups in total. The molecule has 0 bridgehead atoms. The van der Waals surface area contributed by atoms with E-state index in [2.05, 4.69) is 48.7 Å². The summed E-state index contributed by atoms with van der Waals surface area (Å²) in [6, 6.07) is 13.9. The van der Waals surface area contributed by atoms with Gasteiger partial charge in [0.15, 0.2) is 0 Å². The van der Waals surface area contributed by atoms with E-state index >= 15 is 0 Å². The van der Waals surface area contributed by atoms with Gasteiger partial charge in [-0.3, -0.25) is 4.79 Å². The van der Waals surface area contributed by atoms with Crippen LogP contribution in [0.25, 0.3) is 11.0 Å². The number of aromatic amines is 1. The fourth-order valence-corrected chi connectivity index (χ4v) is 3.88. The van der Waals surface area contributed by atoms with Crippen molar-refractivity contribution in [3.63, 3.8) is 0 Å². The molecule has 7 heteroatoms. The first kappa shape index (κ1) is 17.8. The SMILES string of the molecule is O=C(NCCc1ccc(Br)cc1)c1sccc1Nc1ccnc2[nH]ccc12. The number of carbonyl (C=O) groups excluding carboxylic acids is 1. The van der Waals surface area contributed by atoms with Crippen LogP contribution in [0.2, 0.25) is 0 Å². The van der Waals surface area contributed by atoms with Crippen LogP contribution < -0.4 is 10.6 Å². The number of carbonyl (C=O) groups is 1. The number of benzene rings is 1. The smallest absolute Gasteiger partial charge is 0.263 e. The standard InChI is InChI=1S/C20H17BrN4OS/c21-14-3-1-13(2-4-14)5-9-24-20(26)18-17(8-12-27-18)25-16-7-11-23-19-15(16)6-10-22-19/h1-4,6-8,10-12H,5,9H2,(H,24,26)(H2,22,23,25). The van der Waals surface area contributed by atoms with Crippen LogP contribution in [0.4, 0.5) is 11.4 Å². The van der Waals surface area contributed by atoms with Crippen LogP contribution in [-0.4, -0.2) is 22.4 Å². The molecule has 0 saturated carbocycles. The Labute approximate surface area is 169 Å². The molecule has 136 valence electrons. The summed E-state index contributed by atoms with van der Waals surface area (Å²) in [4.78, 5) is 20.7. The van der Waals surface area contributed by atoms with Crippen LogP contribution in [0.15, 0.2) is 64.7 Å². The second kappa shape index (κ2) is 7.94. The number of nitrogens with one attached hydrogen (secondary N) is 3. The number of pyridine rings is 1. The quantitative estimate of drug-likeness (QED) is 0.390. The van der Waals surface area contributed by atoms with Crippen molar-refractivity contribution in [1.82, 2.24) is 15.3 Å². The van der Waals surface area contributed by atoms with Gasteiger partial charge in [0.1, 0.15) is 10.5 Å². The van der Waals surface area contributed by atoms with Crippen molar-refractivity contribution in [2.24, 2.45) is 0 Å². The summed E-state index contributed by atoms with van der Waals surface area (Å²) < 4.78 is 1.05. The van der Waals surface area contributed by atoms with Crippen molar-refractivity contribution in [2.75, 3.05) is 11.9 Å². The molecule has 4 rings (SSSR count). The maximum absolute atomic E-state index is 12.6. The molecule has 0 atom stereocenters. The molecule has 3 aromatic heterocycles. The number of hydrogen-bond acceptors (Lipinski definition) is 4. The Hall–Kier alpha value is -2.64. The minimum absolute atomic E-state index is 0.0658. The van der Waals surface area contributed by atoms with Gasteiger partial charge in [-0.25, -0.2) is 4.98 Å². The first-order valence-electron chi connectivity index (χ1n) is 8.50. The van der Waals surface area contributed by atoms with Crippen molar-refractivity contribution in [3.05, 3.63) is 75.2 Å². The number of halogens is 1. The lowest BCUT2D eigenvalue weighted by atomic mass is 10.1. The Morgan fingerprint density at radius 3 is 2.81 bits per heavy atom. The summed E-state index contributed by atoms with van der Waals surface area (Å²) in [5.74, 6) is -0.0658. The average molecular weight is 441 g/mol. The zero-order chi connectivity index (χ0) is 18.6. The Kier molecular flexibility index (Phi) is 5.22. The molecule has 3 heterocycles. The second-order valence-corrected chi connectivity index (χ2v) is 7.85. The molecule has 0 aliphatic rings. The van der Waals surface area contributed by atoms with Gasteiger partial charge in [0, 0.05) is 28.8 Å². The molecular formula is C20H17BrN4OS. The summed E-state index contributed by atoms with van der Waals surface area (Å²) >= 11 is 4.86. The maximum Gasteiger partial charge on any atom is 0.263 e. The van der Waals surface area contributed by atoms with Crippen LogP contribution >= 0.6 is 27.3 Å². The Balaban J connectivity index is 1.42. The zero-order valence-electron chi connectivity index (χ0n) is 14.3. The van der Waals surface area contributed by atoms with E-state index in [0.717, 1.165) is 33.3 Å². The first-order valence-corrected chi connectivity index (χ1v) is 10.2. The number of nitrogens with zero attached hydrogens (tertiary/aromatic N) is 1. The van der Waals surface area contributed by atoms with Crippen LogP contribution in [0.3, 0.4) is 0 Å². The summed E-state index contributed by atoms with van der Waals surface area (Å²) in [7, 11) is 0. The van der Waals surface area contributed by atoms with Crippen molar-refractivity contribution in [3.8, 4) is 0 Å². The van der Waals surface area contributed by atoms with Gasteiger partial charge in [-0.2, -0.15) is 0 Å². The predicted molar refractivity (Wildman–Crippen MR) is 114 cm³/mol. The van der Waals surface area contributed by atoms with Crippen LogP contribution in [0.1, 0.15) is 15.2 Å². The van der Waals surface area contributed by atoms with E-state index in [1.54, 1.807) is 6.20 Å². The molecule has 5 nitrogen and oxygen atoms in total. The highest BCUT2D eigenvalue weighted by molar-refractivity contribution is 9.10. The predicted octanol–water partition coefficient (Wildman–Crippen LogP) is 5.10. The third kappa shape index (κ3) is 4.04. The minimum atomic E-state index is -0.0658. The van der Waals surface area contributed by atoms with Crippen LogP contribution in [-0.2, 0) is 6.42 Å². The summed E-state index contributed by atoms with van der Waals surface area (Å²) in [5, 5.41) is 9.28. The second-order valence-electron chi connectivity index (χ2n) is 6.02. The number of H-pyrrole nitrogens is 1. The molecule has 0 aliphatic heterocycles. The number of anilines is 2. The number of rotatable bonds is 6. The topological polar surface area (TPSA) is 69.8 Å². The lowest BCUT2D eigenvalue weighted by molar-refractivity contribution is 0.0959. The van der Waals surface area contributed by atoms with E-state index in [-0.39, 0.29) is 5.91 Å². The number of fused-ring (bicyclic) bond motifs is 1. The highest BCUT2D eigenvalue weighted by atomic mass is 79.9. The molecule has 1 amide bonds. The van der Waals surface area contributed by atoms with E-state index in [1.807, 2.05) is 41.9 Å². The highest BCUT2D eigenvalue weighted by Crippen LogP contribution is 2.29. The molecule has 4 aromatic rings. The number of amides is 1. The summed E-state index contributed by atoms with van der Waals surface area (Å²) in [5.41, 5.74) is 3.73. The van der Waals surface area contributed by atoms with Crippen molar-refractivity contribution in [2.45, 2.75) is 6.42 Å². The molecule has 27 heavy (non-hydrogen) atoms. The van der Waals surface area contributed by atoms with Crippen LogP contribution in [0.5, 0.6) is 0 Å². The Morgan fingerprint density at radius 1 is 1.11 bits per heavy atom. The molecule has 1 aromatic carbocycles. The first-order chi connectivity index (χ1) is 13.2. The largest absolute Gasteiger partial charge is 0.354 e. The van der Waals surface area contributed by atoms with Crippen molar-refractivity contribution >= 4 is 55.6 Å². The van der Waals surface area contributed by atoms with Gasteiger partial charge in [-0.1, -0.05) is 28.1 Å². The number of aromatic nitrogens is 2. The summed E-state index contributed by atoms with van der Waals surface area (Å²) in [6.45, 7) is 0.592. The molecule has 0 unspecified atom stereocenters. The van der Waals surface area contributed by atoms with E-state index in [1.165, 1.54) is 16.9 Å². The normalized spacial score (nSPS) is 10.9.